The maximum absolute atomic E-state index is 11.9. The number of halogens is 1. The van der Waals surface area contributed by atoms with Gasteiger partial charge in [-0.2, -0.15) is 11.3 Å². The van der Waals surface area contributed by atoms with E-state index in [4.69, 9.17) is 0 Å². The van der Waals surface area contributed by atoms with Crippen molar-refractivity contribution in [2.75, 3.05) is 11.1 Å². The lowest BCUT2D eigenvalue weighted by Gasteiger charge is -2.04. The van der Waals surface area contributed by atoms with Crippen molar-refractivity contribution in [3.63, 3.8) is 0 Å². The molecule has 1 aromatic carbocycles. The minimum absolute atomic E-state index is 0.00519. The number of nitrogens with zero attached hydrogens (tertiary/aromatic N) is 1. The second-order valence-electron chi connectivity index (χ2n) is 4.70. The summed E-state index contributed by atoms with van der Waals surface area (Å²) in [7, 11) is 0. The summed E-state index contributed by atoms with van der Waals surface area (Å²) in [4.78, 5) is 16.5. The lowest BCUT2D eigenvalue weighted by Crippen LogP contribution is -2.14. The fourth-order valence-corrected chi connectivity index (χ4v) is 4.49. The lowest BCUT2D eigenvalue weighted by molar-refractivity contribution is -0.113. The molecule has 0 saturated heterocycles. The van der Waals surface area contributed by atoms with Crippen LogP contribution in [0, 0.1) is 0 Å². The zero-order valence-electron chi connectivity index (χ0n) is 12.0. The van der Waals surface area contributed by atoms with Crippen molar-refractivity contribution in [1.29, 1.82) is 0 Å². The van der Waals surface area contributed by atoms with Crippen LogP contribution >= 0.6 is 50.4 Å². The molecule has 0 aliphatic heterocycles. The van der Waals surface area contributed by atoms with Crippen LogP contribution in [0.25, 0.3) is 10.6 Å². The van der Waals surface area contributed by atoms with E-state index >= 15 is 0 Å². The summed E-state index contributed by atoms with van der Waals surface area (Å²) in [5, 5.41) is 10.1. The maximum Gasteiger partial charge on any atom is 0.234 e. The van der Waals surface area contributed by atoms with Gasteiger partial charge in [0, 0.05) is 32.2 Å². The molecule has 0 atom stereocenters. The monoisotopic (exact) mass is 424 g/mol. The number of anilines is 1. The quantitative estimate of drug-likeness (QED) is 0.567. The number of amides is 1. The Labute approximate surface area is 155 Å². The fraction of sp³-hybridized carbons (Fsp3) is 0.125. The second-order valence-corrected chi connectivity index (χ2v) is 8.24. The van der Waals surface area contributed by atoms with Crippen molar-refractivity contribution in [3.05, 3.63) is 56.6 Å². The van der Waals surface area contributed by atoms with Crippen molar-refractivity contribution in [2.45, 2.75) is 5.75 Å². The van der Waals surface area contributed by atoms with Gasteiger partial charge in [-0.15, -0.1) is 23.1 Å². The predicted molar refractivity (Wildman–Crippen MR) is 104 cm³/mol. The number of thiazole rings is 1. The van der Waals surface area contributed by atoms with Gasteiger partial charge in [-0.1, -0.05) is 15.9 Å². The molecule has 2 heterocycles. The van der Waals surface area contributed by atoms with Gasteiger partial charge >= 0.3 is 0 Å². The minimum Gasteiger partial charge on any atom is -0.325 e. The normalized spacial score (nSPS) is 10.7. The maximum atomic E-state index is 11.9. The van der Waals surface area contributed by atoms with E-state index < -0.39 is 0 Å². The van der Waals surface area contributed by atoms with Crippen molar-refractivity contribution in [3.8, 4) is 10.6 Å². The van der Waals surface area contributed by atoms with Crippen LogP contribution in [-0.4, -0.2) is 16.6 Å². The van der Waals surface area contributed by atoms with Gasteiger partial charge in [0.15, 0.2) is 0 Å². The number of hydrogen-bond donors (Lipinski definition) is 1. The van der Waals surface area contributed by atoms with Crippen molar-refractivity contribution >= 4 is 62.0 Å². The molecule has 7 heteroatoms. The molecule has 3 rings (SSSR count). The SMILES string of the molecule is O=C(CSCc1csc(-c2ccsc2)n1)Nc1ccc(Br)cc1. The Morgan fingerprint density at radius 2 is 2.04 bits per heavy atom. The molecule has 118 valence electrons. The van der Waals surface area contributed by atoms with Gasteiger partial charge in [-0.25, -0.2) is 4.98 Å². The van der Waals surface area contributed by atoms with Gasteiger partial charge in [0.05, 0.1) is 11.4 Å². The van der Waals surface area contributed by atoms with E-state index in [9.17, 15) is 4.79 Å². The van der Waals surface area contributed by atoms with Crippen molar-refractivity contribution in [1.82, 2.24) is 4.98 Å². The third-order valence-electron chi connectivity index (χ3n) is 2.93. The van der Waals surface area contributed by atoms with Crippen LogP contribution in [0.5, 0.6) is 0 Å². The molecular formula is C16H13BrN2OS3. The van der Waals surface area contributed by atoms with Gasteiger partial charge in [-0.05, 0) is 35.7 Å². The average molecular weight is 425 g/mol. The molecule has 1 N–H and O–H groups in total. The van der Waals surface area contributed by atoms with Crippen LogP contribution < -0.4 is 5.32 Å². The summed E-state index contributed by atoms with van der Waals surface area (Å²) in [6, 6.07) is 9.64. The number of hydrogen-bond acceptors (Lipinski definition) is 5. The van der Waals surface area contributed by atoms with Gasteiger partial charge in [0.25, 0.3) is 0 Å². The number of nitrogens with one attached hydrogen (secondary N) is 1. The van der Waals surface area contributed by atoms with Crippen LogP contribution in [0.2, 0.25) is 0 Å². The summed E-state index contributed by atoms with van der Waals surface area (Å²) in [6.07, 6.45) is 0. The summed E-state index contributed by atoms with van der Waals surface area (Å²) in [5.74, 6) is 1.17. The Morgan fingerprint density at radius 1 is 1.22 bits per heavy atom. The first kappa shape index (κ1) is 16.7. The molecule has 0 fully saturated rings. The first-order valence-corrected chi connectivity index (χ1v) is 10.6. The number of thioether (sulfide) groups is 1. The zero-order valence-corrected chi connectivity index (χ0v) is 16.0. The Bertz CT molecular complexity index is 769. The van der Waals surface area contributed by atoms with Crippen LogP contribution in [0.1, 0.15) is 5.69 Å². The highest BCUT2D eigenvalue weighted by atomic mass is 79.9. The van der Waals surface area contributed by atoms with Gasteiger partial charge in [0.1, 0.15) is 5.01 Å². The number of thiophene rings is 1. The lowest BCUT2D eigenvalue weighted by atomic mass is 10.3. The number of carbonyl (C=O) groups excluding carboxylic acids is 1. The largest absolute Gasteiger partial charge is 0.325 e. The topological polar surface area (TPSA) is 42.0 Å². The number of carbonyl (C=O) groups is 1. The second kappa shape index (κ2) is 8.10. The standard InChI is InChI=1S/C16H13BrN2OS3/c17-12-1-3-13(4-2-12)18-15(20)10-22-8-14-9-23-16(19-14)11-5-6-21-7-11/h1-7,9H,8,10H2,(H,18,20). The first-order valence-electron chi connectivity index (χ1n) is 6.81. The predicted octanol–water partition coefficient (Wildman–Crippen LogP) is 5.51. The van der Waals surface area contributed by atoms with Gasteiger partial charge in [0.2, 0.25) is 5.91 Å². The number of benzene rings is 1. The fourth-order valence-electron chi connectivity index (χ4n) is 1.87. The smallest absolute Gasteiger partial charge is 0.234 e. The molecule has 0 aliphatic rings. The van der Waals surface area contributed by atoms with E-state index in [0.29, 0.717) is 5.75 Å². The van der Waals surface area contributed by atoms with Crippen LogP contribution in [-0.2, 0) is 10.5 Å². The third-order valence-corrected chi connectivity index (χ3v) is 6.05. The van der Waals surface area contributed by atoms with E-state index in [2.05, 4.69) is 48.4 Å². The summed E-state index contributed by atoms with van der Waals surface area (Å²) >= 11 is 8.27. The third kappa shape index (κ3) is 4.91. The average Bonchev–Trinajstić information content (AvgIpc) is 3.20. The molecule has 3 nitrogen and oxygen atoms in total. The molecule has 0 radical (unpaired) electrons. The molecule has 0 spiro atoms. The number of aromatic nitrogens is 1. The van der Waals surface area contributed by atoms with Gasteiger partial charge < -0.3 is 5.32 Å². The minimum atomic E-state index is 0.00519. The van der Waals surface area contributed by atoms with Gasteiger partial charge in [-0.3, -0.25) is 4.79 Å². The van der Waals surface area contributed by atoms with E-state index in [1.165, 1.54) is 5.56 Å². The molecule has 23 heavy (non-hydrogen) atoms. The molecule has 0 saturated carbocycles. The van der Waals surface area contributed by atoms with Crippen LogP contribution in [0.15, 0.2) is 50.9 Å². The van der Waals surface area contributed by atoms with Crippen LogP contribution in [0.4, 0.5) is 5.69 Å². The summed E-state index contributed by atoms with van der Waals surface area (Å²) in [6.45, 7) is 0. The molecule has 0 bridgehead atoms. The zero-order chi connectivity index (χ0) is 16.1. The Hall–Kier alpha value is -1.15. The molecule has 0 aliphatic carbocycles. The molecule has 0 unspecified atom stereocenters. The highest BCUT2D eigenvalue weighted by Gasteiger charge is 2.07. The molecular weight excluding hydrogens is 412 g/mol. The van der Waals surface area contributed by atoms with E-state index in [1.807, 2.05) is 24.3 Å². The van der Waals surface area contributed by atoms with E-state index in [1.54, 1.807) is 34.4 Å². The first-order chi connectivity index (χ1) is 11.2. The highest BCUT2D eigenvalue weighted by Crippen LogP contribution is 2.27. The van der Waals surface area contributed by atoms with Crippen molar-refractivity contribution in [2.24, 2.45) is 0 Å². The van der Waals surface area contributed by atoms with Crippen molar-refractivity contribution < 1.29 is 4.79 Å². The Balaban J connectivity index is 1.46. The molecule has 2 aromatic heterocycles. The Morgan fingerprint density at radius 3 is 2.78 bits per heavy atom. The molecule has 3 aromatic rings. The number of rotatable bonds is 6. The van der Waals surface area contributed by atoms with Crippen LogP contribution in [0.3, 0.4) is 0 Å². The summed E-state index contributed by atoms with van der Waals surface area (Å²) < 4.78 is 0.995. The summed E-state index contributed by atoms with van der Waals surface area (Å²) in [5.41, 5.74) is 3.01. The highest BCUT2D eigenvalue weighted by molar-refractivity contribution is 9.10. The van der Waals surface area contributed by atoms with E-state index in [-0.39, 0.29) is 5.91 Å². The Kier molecular flexibility index (Phi) is 5.88. The molecule has 1 amide bonds. The van der Waals surface area contributed by atoms with E-state index in [0.717, 1.165) is 26.6 Å².